The second-order valence-electron chi connectivity index (χ2n) is 19.1. The number of hydrogen-bond acceptors (Lipinski definition) is 3. The number of fused-ring (bicyclic) bond motifs is 13. The van der Waals surface area contributed by atoms with Crippen molar-refractivity contribution in [2.75, 3.05) is 16.9 Å². The van der Waals surface area contributed by atoms with Gasteiger partial charge in [0.1, 0.15) is 5.75 Å². The van der Waals surface area contributed by atoms with Crippen LogP contribution < -0.4 is 25.1 Å². The Balaban J connectivity index is 1.03. The monoisotopic (exact) mass is 923 g/mol. The van der Waals surface area contributed by atoms with Gasteiger partial charge in [0.05, 0.1) is 18.0 Å². The standard InChI is InChI=1S/C68H49N3O/c1-72-55-37-34-51(35-38-55)69(48-19-5-2-6-20-48)53-41-47(46-33-40-67-61(43-46)60-28-14-18-32-66(60)71(67)50-23-9-4-10-24-50)42-54(44-53)70(49-21-7-3-8-22-49)52-36-39-59-58-27-13-17-31-64(58)68(65(59)45-52)62-29-15-11-25-56(62)57-26-12-16-30-63(57)68/h2-13,15-17,19-45H,14,18H2,1H3. The molecule has 4 heteroatoms. The van der Waals surface area contributed by atoms with Crippen LogP contribution in [0, 0.1) is 0 Å². The van der Waals surface area contributed by atoms with E-state index in [2.05, 4.69) is 257 Å². The number of nitrogens with zero attached hydrogens (tertiary/aromatic N) is 3. The van der Waals surface area contributed by atoms with Crippen molar-refractivity contribution >= 4 is 57.2 Å². The van der Waals surface area contributed by atoms with Gasteiger partial charge in [0, 0.05) is 55.8 Å². The van der Waals surface area contributed by atoms with E-state index in [4.69, 9.17) is 4.74 Å². The van der Waals surface area contributed by atoms with Gasteiger partial charge in [-0.05, 0) is 172 Å². The first kappa shape index (κ1) is 41.8. The fourth-order valence-electron chi connectivity index (χ4n) is 12.3. The lowest BCUT2D eigenvalue weighted by Gasteiger charge is -2.33. The Morgan fingerprint density at radius 1 is 0.389 bits per heavy atom. The molecule has 11 aromatic rings. The Morgan fingerprint density at radius 2 is 0.889 bits per heavy atom. The van der Waals surface area contributed by atoms with Gasteiger partial charge in [0.15, 0.2) is 0 Å². The third-order valence-corrected chi connectivity index (χ3v) is 15.3. The fraction of sp³-hybridized carbons (Fsp3) is 0.0588. The SMILES string of the molecule is COc1ccc(N(c2ccccc2)c2cc(-c3ccc4c(c3)c3c(n4-c4ccccc4)=CCCC=3)cc(N(c3ccccc3)c3ccc4c(c3)C3(c5ccccc5-c5ccccc53)c3ccccc3-4)c2)cc1. The zero-order valence-electron chi connectivity index (χ0n) is 39.9. The van der Waals surface area contributed by atoms with Gasteiger partial charge in [-0.3, -0.25) is 0 Å². The van der Waals surface area contributed by atoms with E-state index >= 15 is 0 Å². The Morgan fingerprint density at radius 3 is 1.49 bits per heavy atom. The molecule has 0 aliphatic heterocycles. The first-order valence-electron chi connectivity index (χ1n) is 25.0. The normalized spacial score (nSPS) is 13.3. The number of methoxy groups -OCH3 is 1. The largest absolute Gasteiger partial charge is 0.497 e. The quantitative estimate of drug-likeness (QED) is 0.144. The minimum absolute atomic E-state index is 0.484. The van der Waals surface area contributed by atoms with Crippen molar-refractivity contribution in [1.29, 1.82) is 0 Å². The Labute approximate surface area is 419 Å². The maximum atomic E-state index is 5.68. The number of anilines is 6. The van der Waals surface area contributed by atoms with Crippen molar-refractivity contribution in [2.24, 2.45) is 0 Å². The number of benzene rings is 10. The Hall–Kier alpha value is -9.12. The van der Waals surface area contributed by atoms with Crippen molar-refractivity contribution in [3.05, 3.63) is 275 Å². The molecular weight excluding hydrogens is 875 g/mol. The highest BCUT2D eigenvalue weighted by molar-refractivity contribution is 5.97. The molecule has 342 valence electrons. The summed E-state index contributed by atoms with van der Waals surface area (Å²) in [5.74, 6) is 0.814. The molecule has 0 radical (unpaired) electrons. The van der Waals surface area contributed by atoms with E-state index in [-0.39, 0.29) is 0 Å². The molecule has 0 bridgehead atoms. The molecule has 10 aromatic carbocycles. The Bertz CT molecular complexity index is 3960. The lowest BCUT2D eigenvalue weighted by Crippen LogP contribution is -2.30. The minimum atomic E-state index is -0.484. The van der Waals surface area contributed by atoms with Crippen LogP contribution in [0.4, 0.5) is 34.1 Å². The summed E-state index contributed by atoms with van der Waals surface area (Å²) in [5.41, 5.74) is 20.9. The van der Waals surface area contributed by atoms with E-state index in [9.17, 15) is 0 Å². The van der Waals surface area contributed by atoms with Gasteiger partial charge >= 0.3 is 0 Å². The summed E-state index contributed by atoms with van der Waals surface area (Å²) in [5, 5.41) is 3.82. The molecule has 0 saturated carbocycles. The summed E-state index contributed by atoms with van der Waals surface area (Å²) < 4.78 is 8.12. The van der Waals surface area contributed by atoms with Gasteiger partial charge in [0.2, 0.25) is 0 Å². The average molecular weight is 924 g/mol. The zero-order chi connectivity index (χ0) is 47.8. The third-order valence-electron chi connectivity index (χ3n) is 15.3. The molecule has 3 aliphatic carbocycles. The number of rotatable bonds is 9. The lowest BCUT2D eigenvalue weighted by molar-refractivity contribution is 0.415. The number of hydrogen-bond donors (Lipinski definition) is 0. The zero-order valence-corrected chi connectivity index (χ0v) is 39.9. The maximum Gasteiger partial charge on any atom is 0.119 e. The van der Waals surface area contributed by atoms with Crippen LogP contribution in [0.15, 0.2) is 243 Å². The topological polar surface area (TPSA) is 20.6 Å². The van der Waals surface area contributed by atoms with E-state index in [1.165, 1.54) is 71.7 Å². The van der Waals surface area contributed by atoms with Gasteiger partial charge < -0.3 is 19.1 Å². The van der Waals surface area contributed by atoms with Crippen LogP contribution in [-0.4, -0.2) is 11.7 Å². The molecular formula is C68H49N3O. The molecule has 1 heterocycles. The molecule has 0 amide bonds. The highest BCUT2D eigenvalue weighted by Gasteiger charge is 2.51. The number of para-hydroxylation sites is 3. The summed E-state index contributed by atoms with van der Waals surface area (Å²) in [7, 11) is 1.72. The molecule has 0 saturated heterocycles. The van der Waals surface area contributed by atoms with Crippen molar-refractivity contribution in [3.63, 3.8) is 0 Å². The molecule has 72 heavy (non-hydrogen) atoms. The van der Waals surface area contributed by atoms with E-state index in [1.54, 1.807) is 7.11 Å². The van der Waals surface area contributed by atoms with Crippen molar-refractivity contribution in [1.82, 2.24) is 4.57 Å². The molecule has 0 unspecified atom stereocenters. The minimum Gasteiger partial charge on any atom is -0.497 e. The highest BCUT2D eigenvalue weighted by Crippen LogP contribution is 2.63. The third kappa shape index (κ3) is 6.39. The number of aromatic nitrogens is 1. The fourth-order valence-corrected chi connectivity index (χ4v) is 12.3. The molecule has 0 fully saturated rings. The predicted molar refractivity (Wildman–Crippen MR) is 298 cm³/mol. The summed E-state index contributed by atoms with van der Waals surface area (Å²) in [6.07, 6.45) is 6.89. The van der Waals surface area contributed by atoms with E-state index < -0.39 is 5.41 Å². The molecule has 14 rings (SSSR count). The summed E-state index contributed by atoms with van der Waals surface area (Å²) in [6.45, 7) is 0. The van der Waals surface area contributed by atoms with Gasteiger partial charge in [0.25, 0.3) is 0 Å². The first-order valence-corrected chi connectivity index (χ1v) is 25.0. The van der Waals surface area contributed by atoms with Gasteiger partial charge in [-0.1, -0.05) is 152 Å². The molecule has 0 N–H and O–H groups in total. The second-order valence-corrected chi connectivity index (χ2v) is 19.1. The molecule has 1 aromatic heterocycles. The van der Waals surface area contributed by atoms with Crippen LogP contribution in [0.2, 0.25) is 0 Å². The van der Waals surface area contributed by atoms with Gasteiger partial charge in [-0.15, -0.1) is 0 Å². The lowest BCUT2D eigenvalue weighted by atomic mass is 9.70. The Kier molecular flexibility index (Phi) is 9.75. The highest BCUT2D eigenvalue weighted by atomic mass is 16.5. The molecule has 3 aliphatic rings. The second kappa shape index (κ2) is 16.8. The average Bonchev–Trinajstić information content (AvgIpc) is 4.06. The smallest absolute Gasteiger partial charge is 0.119 e. The summed E-state index contributed by atoms with van der Waals surface area (Å²) in [6, 6.07) is 89.3. The molecule has 0 atom stereocenters. The van der Waals surface area contributed by atoms with Crippen molar-refractivity contribution < 1.29 is 4.74 Å². The first-order chi connectivity index (χ1) is 35.7. The van der Waals surface area contributed by atoms with Crippen LogP contribution in [0.3, 0.4) is 0 Å². The van der Waals surface area contributed by atoms with Crippen LogP contribution >= 0.6 is 0 Å². The predicted octanol–water partition coefficient (Wildman–Crippen LogP) is 15.9. The van der Waals surface area contributed by atoms with Crippen LogP contribution in [-0.2, 0) is 5.41 Å². The van der Waals surface area contributed by atoms with E-state index in [0.29, 0.717) is 0 Å². The molecule has 4 nitrogen and oxygen atoms in total. The maximum absolute atomic E-state index is 5.68. The molecule has 1 spiro atoms. The van der Waals surface area contributed by atoms with Crippen molar-refractivity contribution in [2.45, 2.75) is 18.3 Å². The summed E-state index contributed by atoms with van der Waals surface area (Å²) >= 11 is 0. The van der Waals surface area contributed by atoms with Crippen LogP contribution in [0.1, 0.15) is 35.1 Å². The van der Waals surface area contributed by atoms with E-state index in [1.807, 2.05) is 12.1 Å². The van der Waals surface area contributed by atoms with Gasteiger partial charge in [-0.25, -0.2) is 0 Å². The van der Waals surface area contributed by atoms with Crippen molar-refractivity contribution in [3.8, 4) is 44.8 Å². The van der Waals surface area contributed by atoms with Gasteiger partial charge in [-0.2, -0.15) is 0 Å². The summed E-state index contributed by atoms with van der Waals surface area (Å²) in [4.78, 5) is 4.83. The van der Waals surface area contributed by atoms with Crippen LogP contribution in [0.25, 0.3) is 62.1 Å². The van der Waals surface area contributed by atoms with E-state index in [0.717, 1.165) is 63.8 Å². The number of ether oxygens (including phenoxy) is 1. The van der Waals surface area contributed by atoms with Crippen LogP contribution in [0.5, 0.6) is 5.75 Å².